The molecular weight excluding hydrogens is 454 g/mol. The second-order valence-corrected chi connectivity index (χ2v) is 8.74. The van der Waals surface area contributed by atoms with Gasteiger partial charge in [-0.05, 0) is 45.0 Å². The van der Waals surface area contributed by atoms with Gasteiger partial charge in [0.05, 0.1) is 5.69 Å². The smallest absolute Gasteiger partial charge is 0.327 e. The van der Waals surface area contributed by atoms with Crippen LogP contribution in [0.25, 0.3) is 22.4 Å². The van der Waals surface area contributed by atoms with Crippen LogP contribution in [0.4, 0.5) is 14.6 Å². The van der Waals surface area contributed by atoms with Gasteiger partial charge in [-0.3, -0.25) is 9.55 Å². The predicted octanol–water partition coefficient (Wildman–Crippen LogP) is 2.88. The van der Waals surface area contributed by atoms with Crippen molar-refractivity contribution in [2.75, 3.05) is 31.6 Å². The highest BCUT2D eigenvalue weighted by Gasteiger charge is 2.28. The monoisotopic (exact) mass is 482 g/mol. The molecule has 5 rings (SSSR count). The minimum Gasteiger partial charge on any atom is -0.355 e. The van der Waals surface area contributed by atoms with E-state index >= 15 is 0 Å². The number of fused-ring (bicyclic) bond motifs is 1. The maximum absolute atomic E-state index is 13.8. The quantitative estimate of drug-likeness (QED) is 0.421. The lowest BCUT2D eigenvalue weighted by Crippen LogP contribution is -2.35. The van der Waals surface area contributed by atoms with Gasteiger partial charge in [0.2, 0.25) is 0 Å². The zero-order valence-corrected chi connectivity index (χ0v) is 19.8. The Bertz CT molecular complexity index is 1400. The van der Waals surface area contributed by atoms with Crippen molar-refractivity contribution in [3.8, 4) is 11.3 Å². The fraction of sp³-hybridized carbons (Fsp3) is 0.417. The molecule has 4 heterocycles. The van der Waals surface area contributed by atoms with Crippen molar-refractivity contribution in [3.05, 3.63) is 58.7 Å². The minimum absolute atomic E-state index is 0.185. The van der Waals surface area contributed by atoms with Gasteiger partial charge >= 0.3 is 5.69 Å². The van der Waals surface area contributed by atoms with Crippen LogP contribution in [0.2, 0.25) is 0 Å². The summed E-state index contributed by atoms with van der Waals surface area (Å²) in [6.07, 6.45) is 5.10. The van der Waals surface area contributed by atoms with Crippen LogP contribution >= 0.6 is 0 Å². The molecule has 0 spiro atoms. The number of piperidine rings is 1. The van der Waals surface area contributed by atoms with Crippen molar-refractivity contribution in [1.29, 1.82) is 0 Å². The number of rotatable bonds is 7. The molecule has 1 saturated heterocycles. The van der Waals surface area contributed by atoms with Crippen molar-refractivity contribution >= 4 is 17.0 Å². The number of nitrogens with one attached hydrogen (secondary N) is 2. The Kier molecular flexibility index (Phi) is 6.33. The molecule has 0 aliphatic carbocycles. The maximum Gasteiger partial charge on any atom is 0.327 e. The highest BCUT2D eigenvalue weighted by molar-refractivity contribution is 5.83. The standard InChI is InChI=1S/C24H28F2N8O/c1-3-34-20-21(31-24(34)35)28-14-29-23(20)32-9-6-15(7-10-32)22-30-19(13-33(22)11-8-27-2)16-4-5-17(25)18(26)12-16/h4-5,12-15,27H,3,6-11H2,1-2H3,(H,28,29,31,35). The number of nitrogens with zero attached hydrogens (tertiary/aromatic N) is 6. The molecule has 0 saturated carbocycles. The van der Waals surface area contributed by atoms with Crippen LogP contribution in [-0.4, -0.2) is 55.8 Å². The predicted molar refractivity (Wildman–Crippen MR) is 130 cm³/mol. The number of hydrogen-bond donors (Lipinski definition) is 2. The number of benzene rings is 1. The van der Waals surface area contributed by atoms with Crippen LogP contribution in [0.3, 0.4) is 0 Å². The van der Waals surface area contributed by atoms with E-state index < -0.39 is 11.6 Å². The summed E-state index contributed by atoms with van der Waals surface area (Å²) in [5.41, 5.74) is 2.28. The van der Waals surface area contributed by atoms with Crippen molar-refractivity contribution < 1.29 is 8.78 Å². The molecule has 3 aromatic heterocycles. The van der Waals surface area contributed by atoms with E-state index in [2.05, 4.69) is 29.7 Å². The average Bonchev–Trinajstić information content (AvgIpc) is 3.44. The lowest BCUT2D eigenvalue weighted by Gasteiger charge is -2.33. The summed E-state index contributed by atoms with van der Waals surface area (Å²) in [6, 6.07) is 3.88. The van der Waals surface area contributed by atoms with Crippen LogP contribution in [0, 0.1) is 11.6 Å². The average molecular weight is 483 g/mol. The summed E-state index contributed by atoms with van der Waals surface area (Å²) in [4.78, 5) is 30.9. The van der Waals surface area contributed by atoms with E-state index in [1.165, 1.54) is 12.4 Å². The van der Waals surface area contributed by atoms with E-state index in [0.717, 1.165) is 62.2 Å². The topological polar surface area (TPSA) is 96.7 Å². The number of anilines is 1. The van der Waals surface area contributed by atoms with E-state index in [0.29, 0.717) is 23.4 Å². The Morgan fingerprint density at radius 2 is 1.97 bits per heavy atom. The molecule has 0 amide bonds. The van der Waals surface area contributed by atoms with Crippen molar-refractivity contribution in [2.24, 2.45) is 0 Å². The van der Waals surface area contributed by atoms with Gasteiger partial charge in [-0.2, -0.15) is 0 Å². The zero-order chi connectivity index (χ0) is 24.5. The third kappa shape index (κ3) is 4.31. The number of H-pyrrole nitrogens is 1. The Morgan fingerprint density at radius 3 is 2.69 bits per heavy atom. The zero-order valence-electron chi connectivity index (χ0n) is 19.8. The number of likely N-dealkylation sites (N-methyl/N-ethyl adjacent to an activating group) is 1. The summed E-state index contributed by atoms with van der Waals surface area (Å²) < 4.78 is 31.0. The molecule has 1 aromatic carbocycles. The third-order valence-electron chi connectivity index (χ3n) is 6.64. The fourth-order valence-electron chi connectivity index (χ4n) is 4.82. The first kappa shape index (κ1) is 23.2. The van der Waals surface area contributed by atoms with Crippen molar-refractivity contribution in [1.82, 2.24) is 34.4 Å². The number of imidazole rings is 2. The van der Waals surface area contributed by atoms with E-state index in [1.807, 2.05) is 20.2 Å². The van der Waals surface area contributed by atoms with Crippen LogP contribution in [0.5, 0.6) is 0 Å². The van der Waals surface area contributed by atoms with Gasteiger partial charge in [-0.1, -0.05) is 0 Å². The van der Waals surface area contributed by atoms with E-state index in [4.69, 9.17) is 4.98 Å². The lowest BCUT2D eigenvalue weighted by molar-refractivity contribution is 0.461. The van der Waals surface area contributed by atoms with E-state index in [9.17, 15) is 13.6 Å². The van der Waals surface area contributed by atoms with Gasteiger partial charge in [0, 0.05) is 50.4 Å². The molecule has 35 heavy (non-hydrogen) atoms. The van der Waals surface area contributed by atoms with Crippen LogP contribution in [0.15, 0.2) is 35.5 Å². The van der Waals surface area contributed by atoms with Crippen molar-refractivity contribution in [3.63, 3.8) is 0 Å². The first-order chi connectivity index (χ1) is 17.0. The molecule has 11 heteroatoms. The Balaban J connectivity index is 1.41. The Hall–Kier alpha value is -3.60. The summed E-state index contributed by atoms with van der Waals surface area (Å²) in [5.74, 6) is 0.160. The number of hydrogen-bond acceptors (Lipinski definition) is 6. The van der Waals surface area contributed by atoms with Crippen LogP contribution in [0.1, 0.15) is 31.5 Å². The Labute approximate surface area is 200 Å². The number of halogens is 2. The molecule has 0 atom stereocenters. The van der Waals surface area contributed by atoms with Crippen LogP contribution < -0.4 is 15.9 Å². The molecular formula is C24H28F2N8O. The van der Waals surface area contributed by atoms with Crippen LogP contribution in [-0.2, 0) is 13.1 Å². The molecule has 1 aliphatic rings. The molecule has 1 fully saturated rings. The van der Waals surface area contributed by atoms with Gasteiger partial charge in [0.1, 0.15) is 17.7 Å². The molecule has 184 valence electrons. The lowest BCUT2D eigenvalue weighted by atomic mass is 9.95. The summed E-state index contributed by atoms with van der Waals surface area (Å²) in [6.45, 7) is 5.44. The van der Waals surface area contributed by atoms with Gasteiger partial charge in [0.15, 0.2) is 23.1 Å². The highest BCUT2D eigenvalue weighted by atomic mass is 19.2. The molecule has 2 N–H and O–H groups in total. The van der Waals surface area contributed by atoms with Gasteiger partial charge in [-0.15, -0.1) is 0 Å². The number of aromatic amines is 1. The van der Waals surface area contributed by atoms with E-state index in [-0.39, 0.29) is 11.6 Å². The summed E-state index contributed by atoms with van der Waals surface area (Å²) >= 11 is 0. The molecule has 0 radical (unpaired) electrons. The maximum atomic E-state index is 13.8. The fourth-order valence-corrected chi connectivity index (χ4v) is 4.82. The summed E-state index contributed by atoms with van der Waals surface area (Å²) in [5, 5.41) is 3.16. The molecule has 1 aliphatic heterocycles. The van der Waals surface area contributed by atoms with Gasteiger partial charge in [-0.25, -0.2) is 28.5 Å². The van der Waals surface area contributed by atoms with E-state index in [1.54, 1.807) is 10.6 Å². The van der Waals surface area contributed by atoms with Gasteiger partial charge in [0.25, 0.3) is 0 Å². The largest absolute Gasteiger partial charge is 0.355 e. The summed E-state index contributed by atoms with van der Waals surface area (Å²) in [7, 11) is 1.89. The minimum atomic E-state index is -0.881. The molecule has 4 aromatic rings. The normalized spacial score (nSPS) is 14.8. The molecule has 9 nitrogen and oxygen atoms in total. The van der Waals surface area contributed by atoms with Gasteiger partial charge < -0.3 is 14.8 Å². The third-order valence-corrected chi connectivity index (χ3v) is 6.64. The first-order valence-corrected chi connectivity index (χ1v) is 11.9. The molecule has 0 unspecified atom stereocenters. The second kappa shape index (κ2) is 9.57. The second-order valence-electron chi connectivity index (χ2n) is 8.74. The highest BCUT2D eigenvalue weighted by Crippen LogP contribution is 2.33. The first-order valence-electron chi connectivity index (χ1n) is 11.9. The molecule has 0 bridgehead atoms. The van der Waals surface area contributed by atoms with Crippen molar-refractivity contribution in [2.45, 2.75) is 38.8 Å². The Morgan fingerprint density at radius 1 is 1.17 bits per heavy atom. The number of aryl methyl sites for hydroxylation is 1. The SMILES string of the molecule is CCn1c(=O)[nH]c2ncnc(N3CCC(c4nc(-c5ccc(F)c(F)c5)cn4CCNC)CC3)c21. The number of aromatic nitrogens is 6.